The number of carbonyl (C=O) groups is 1. The quantitative estimate of drug-likeness (QED) is 0.788. The van der Waals surface area contributed by atoms with E-state index in [-0.39, 0.29) is 11.9 Å². The van der Waals surface area contributed by atoms with Crippen molar-refractivity contribution in [2.45, 2.75) is 6.92 Å². The van der Waals surface area contributed by atoms with Crippen LogP contribution in [-0.2, 0) is 4.79 Å². The summed E-state index contributed by atoms with van der Waals surface area (Å²) in [6.45, 7) is 1.35. The molecule has 5 nitrogen and oxygen atoms in total. The molecular formula is C14H10F2N4O. The molecule has 1 amide bonds. The molecule has 0 spiro atoms. The number of amides is 1. The number of benzene rings is 1. The molecule has 1 aromatic carbocycles. The number of aromatic nitrogens is 3. The van der Waals surface area contributed by atoms with E-state index in [0.29, 0.717) is 16.8 Å². The lowest BCUT2D eigenvalue weighted by Gasteiger charge is -2.02. The molecule has 21 heavy (non-hydrogen) atoms. The van der Waals surface area contributed by atoms with Gasteiger partial charge in [0.05, 0.1) is 0 Å². The van der Waals surface area contributed by atoms with Crippen LogP contribution in [0.25, 0.3) is 16.8 Å². The van der Waals surface area contributed by atoms with Gasteiger partial charge in [-0.1, -0.05) is 0 Å². The topological polar surface area (TPSA) is 59.3 Å². The Hall–Kier alpha value is -2.83. The van der Waals surface area contributed by atoms with Gasteiger partial charge in [-0.3, -0.25) is 10.1 Å². The number of hydrogen-bond acceptors (Lipinski definition) is 3. The monoisotopic (exact) mass is 288 g/mol. The highest BCUT2D eigenvalue weighted by molar-refractivity contribution is 5.86. The molecule has 3 aromatic rings. The largest absolute Gasteiger partial charge is 0.293 e. The fourth-order valence-electron chi connectivity index (χ4n) is 1.98. The summed E-state index contributed by atoms with van der Waals surface area (Å²) in [6, 6.07) is 6.60. The summed E-state index contributed by atoms with van der Waals surface area (Å²) < 4.78 is 27.9. The Morgan fingerprint density at radius 2 is 1.86 bits per heavy atom. The predicted octanol–water partition coefficient (Wildman–Crippen LogP) is 2.63. The Kier molecular flexibility index (Phi) is 3.09. The molecular weight excluding hydrogens is 278 g/mol. The molecule has 0 saturated carbocycles. The molecule has 2 aromatic heterocycles. The van der Waals surface area contributed by atoms with E-state index in [4.69, 9.17) is 0 Å². The number of halogens is 2. The van der Waals surface area contributed by atoms with E-state index in [1.54, 1.807) is 18.3 Å². The van der Waals surface area contributed by atoms with E-state index in [0.717, 1.165) is 6.07 Å². The second kappa shape index (κ2) is 4.93. The summed E-state index contributed by atoms with van der Waals surface area (Å²) in [4.78, 5) is 15.1. The Morgan fingerprint density at radius 3 is 2.52 bits per heavy atom. The molecule has 0 saturated heterocycles. The van der Waals surface area contributed by atoms with Crippen LogP contribution in [0.1, 0.15) is 6.92 Å². The lowest BCUT2D eigenvalue weighted by Crippen LogP contribution is -2.07. The Labute approximate surface area is 118 Å². The van der Waals surface area contributed by atoms with Crippen molar-refractivity contribution in [1.29, 1.82) is 0 Å². The first kappa shape index (κ1) is 13.2. The zero-order chi connectivity index (χ0) is 15.0. The van der Waals surface area contributed by atoms with Gasteiger partial charge in [0.2, 0.25) is 11.9 Å². The fourth-order valence-corrected chi connectivity index (χ4v) is 1.98. The van der Waals surface area contributed by atoms with E-state index in [9.17, 15) is 13.6 Å². The minimum Gasteiger partial charge on any atom is -0.293 e. The number of anilines is 1. The number of nitrogens with zero attached hydrogens (tertiary/aromatic N) is 3. The number of fused-ring (bicyclic) bond motifs is 1. The van der Waals surface area contributed by atoms with Crippen LogP contribution in [0.4, 0.5) is 14.7 Å². The van der Waals surface area contributed by atoms with Crippen molar-refractivity contribution in [3.63, 3.8) is 0 Å². The van der Waals surface area contributed by atoms with Gasteiger partial charge in [-0.15, -0.1) is 5.10 Å². The third kappa shape index (κ3) is 2.71. The van der Waals surface area contributed by atoms with Crippen LogP contribution >= 0.6 is 0 Å². The van der Waals surface area contributed by atoms with E-state index in [1.165, 1.54) is 23.6 Å². The normalized spacial score (nSPS) is 10.8. The molecule has 0 aliphatic heterocycles. The average molecular weight is 288 g/mol. The summed E-state index contributed by atoms with van der Waals surface area (Å²) in [5, 5.41) is 6.54. The van der Waals surface area contributed by atoms with Gasteiger partial charge < -0.3 is 0 Å². The van der Waals surface area contributed by atoms with Crippen molar-refractivity contribution in [3.05, 3.63) is 48.2 Å². The van der Waals surface area contributed by atoms with E-state index in [2.05, 4.69) is 15.4 Å². The van der Waals surface area contributed by atoms with Crippen LogP contribution in [-0.4, -0.2) is 20.5 Å². The van der Waals surface area contributed by atoms with E-state index >= 15 is 0 Å². The van der Waals surface area contributed by atoms with Crippen molar-refractivity contribution in [3.8, 4) is 11.1 Å². The number of rotatable bonds is 2. The van der Waals surface area contributed by atoms with Gasteiger partial charge in [-0.2, -0.15) is 4.98 Å². The number of carbonyl (C=O) groups excluding carboxylic acids is 1. The van der Waals surface area contributed by atoms with E-state index in [1.807, 2.05) is 0 Å². The average Bonchev–Trinajstić information content (AvgIpc) is 2.77. The van der Waals surface area contributed by atoms with E-state index < -0.39 is 11.6 Å². The van der Waals surface area contributed by atoms with Crippen molar-refractivity contribution in [2.75, 3.05) is 5.32 Å². The van der Waals surface area contributed by atoms with Crippen LogP contribution in [0, 0.1) is 11.6 Å². The second-order valence-corrected chi connectivity index (χ2v) is 4.50. The summed E-state index contributed by atoms with van der Waals surface area (Å²) in [5.74, 6) is -1.41. The maximum Gasteiger partial charge on any atom is 0.249 e. The van der Waals surface area contributed by atoms with Crippen molar-refractivity contribution in [1.82, 2.24) is 14.6 Å². The first-order valence-electron chi connectivity index (χ1n) is 6.12. The van der Waals surface area contributed by atoms with Gasteiger partial charge in [-0.05, 0) is 29.8 Å². The summed E-state index contributed by atoms with van der Waals surface area (Å²) >= 11 is 0. The third-order valence-corrected chi connectivity index (χ3v) is 2.81. The minimum atomic E-state index is -0.650. The molecule has 1 N–H and O–H groups in total. The lowest BCUT2D eigenvalue weighted by atomic mass is 10.1. The zero-order valence-electron chi connectivity index (χ0n) is 11.0. The number of pyridine rings is 1. The van der Waals surface area contributed by atoms with Crippen LogP contribution in [0.5, 0.6) is 0 Å². The summed E-state index contributed by atoms with van der Waals surface area (Å²) in [7, 11) is 0. The van der Waals surface area contributed by atoms with Gasteiger partial charge in [0, 0.05) is 24.8 Å². The van der Waals surface area contributed by atoms with Crippen LogP contribution in [0.2, 0.25) is 0 Å². The molecule has 0 bridgehead atoms. The lowest BCUT2D eigenvalue weighted by molar-refractivity contribution is -0.114. The van der Waals surface area contributed by atoms with Crippen molar-refractivity contribution in [2.24, 2.45) is 0 Å². The van der Waals surface area contributed by atoms with Crippen LogP contribution < -0.4 is 5.32 Å². The fraction of sp³-hybridized carbons (Fsp3) is 0.0714. The van der Waals surface area contributed by atoms with Crippen molar-refractivity contribution >= 4 is 17.5 Å². The Bertz CT molecular complexity index is 824. The standard InChI is InChI=1S/C14H10F2N4O/c1-8(21)17-14-18-13-3-2-9(7-20(13)19-14)10-4-11(15)6-12(16)5-10/h2-7H,1H3,(H,17,19,21). The molecule has 2 heterocycles. The Morgan fingerprint density at radius 1 is 1.14 bits per heavy atom. The number of nitrogens with one attached hydrogen (secondary N) is 1. The highest BCUT2D eigenvalue weighted by Crippen LogP contribution is 2.22. The first-order chi connectivity index (χ1) is 10.0. The second-order valence-electron chi connectivity index (χ2n) is 4.50. The maximum absolute atomic E-state index is 13.3. The van der Waals surface area contributed by atoms with Crippen LogP contribution in [0.15, 0.2) is 36.5 Å². The predicted molar refractivity (Wildman–Crippen MR) is 72.6 cm³/mol. The third-order valence-electron chi connectivity index (χ3n) is 2.81. The highest BCUT2D eigenvalue weighted by atomic mass is 19.1. The maximum atomic E-state index is 13.3. The molecule has 0 atom stereocenters. The van der Waals surface area contributed by atoms with Gasteiger partial charge in [0.15, 0.2) is 5.65 Å². The zero-order valence-corrected chi connectivity index (χ0v) is 11.0. The molecule has 3 rings (SSSR count). The minimum absolute atomic E-state index is 0.171. The first-order valence-corrected chi connectivity index (χ1v) is 6.12. The van der Waals surface area contributed by atoms with Crippen molar-refractivity contribution < 1.29 is 13.6 Å². The van der Waals surface area contributed by atoms with Gasteiger partial charge in [-0.25, -0.2) is 13.3 Å². The molecule has 7 heteroatoms. The molecule has 0 aliphatic rings. The molecule has 0 aliphatic carbocycles. The Balaban J connectivity index is 2.05. The number of hydrogen-bond donors (Lipinski definition) is 1. The molecule has 0 unspecified atom stereocenters. The summed E-state index contributed by atoms with van der Waals surface area (Å²) in [6.07, 6.45) is 1.59. The molecule has 0 fully saturated rings. The molecule has 106 valence electrons. The smallest absolute Gasteiger partial charge is 0.249 e. The van der Waals surface area contributed by atoms with Gasteiger partial charge in [0.1, 0.15) is 11.6 Å². The SMILES string of the molecule is CC(=O)Nc1nc2ccc(-c3cc(F)cc(F)c3)cn2n1. The highest BCUT2D eigenvalue weighted by Gasteiger charge is 2.08. The van der Waals surface area contributed by atoms with Gasteiger partial charge in [0.25, 0.3) is 0 Å². The van der Waals surface area contributed by atoms with Crippen LogP contribution in [0.3, 0.4) is 0 Å². The molecule has 0 radical (unpaired) electrons. The van der Waals surface area contributed by atoms with Gasteiger partial charge >= 0.3 is 0 Å². The summed E-state index contributed by atoms with van der Waals surface area (Å²) in [5.41, 5.74) is 1.49.